The lowest BCUT2D eigenvalue weighted by Gasteiger charge is -2.50. The molecule has 8 heteroatoms. The average Bonchev–Trinajstić information content (AvgIpc) is 2.90. The molecule has 8 nitrogen and oxygen atoms in total. The molecule has 1 aliphatic heterocycles. The number of hydrogen-bond donors (Lipinski definition) is 3. The van der Waals surface area contributed by atoms with Crippen LogP contribution in [0.1, 0.15) is 144 Å². The molecule has 0 spiro atoms. The largest absolute Gasteiger partial charge is 0.481 e. The van der Waals surface area contributed by atoms with Gasteiger partial charge < -0.3 is 25.2 Å². The van der Waals surface area contributed by atoms with Crippen LogP contribution in [-0.2, 0) is 23.9 Å². The van der Waals surface area contributed by atoms with Gasteiger partial charge in [0.05, 0.1) is 12.5 Å². The van der Waals surface area contributed by atoms with Gasteiger partial charge in [-0.3, -0.25) is 14.4 Å². The Morgan fingerprint density at radius 1 is 0.732 bits per heavy atom. The van der Waals surface area contributed by atoms with Crippen LogP contribution in [0.3, 0.4) is 0 Å². The molecule has 0 bridgehead atoms. The molecular formula is C33H60N2O6. The summed E-state index contributed by atoms with van der Waals surface area (Å²) in [6.07, 6.45) is 21.6. The maximum Gasteiger partial charge on any atom is 0.305 e. The summed E-state index contributed by atoms with van der Waals surface area (Å²) >= 11 is 0. The summed E-state index contributed by atoms with van der Waals surface area (Å²) < 4.78 is 12.1. The van der Waals surface area contributed by atoms with Crippen molar-refractivity contribution in [3.63, 3.8) is 0 Å². The fraction of sp³-hybridized carbons (Fsp3) is 0.848. The molecule has 0 aromatic heterocycles. The number of unbranched alkanes of at least 4 members (excludes halogenated alkanes) is 11. The van der Waals surface area contributed by atoms with Gasteiger partial charge in [-0.05, 0) is 58.8 Å². The van der Waals surface area contributed by atoms with Gasteiger partial charge in [0, 0.05) is 24.9 Å². The molecule has 1 aliphatic rings. The fourth-order valence-corrected chi connectivity index (χ4v) is 5.29. The summed E-state index contributed by atoms with van der Waals surface area (Å²) in [7, 11) is 0. The third kappa shape index (κ3) is 16.9. The Labute approximate surface area is 249 Å². The molecule has 2 atom stereocenters. The van der Waals surface area contributed by atoms with Crippen molar-refractivity contribution in [2.75, 3.05) is 13.1 Å². The number of aliphatic carboxylic acids is 1. The lowest BCUT2D eigenvalue weighted by Crippen LogP contribution is -2.60. The molecule has 238 valence electrons. The van der Waals surface area contributed by atoms with Crippen LogP contribution in [0.4, 0.5) is 0 Å². The van der Waals surface area contributed by atoms with E-state index in [1.165, 1.54) is 64.2 Å². The third-order valence-corrected chi connectivity index (χ3v) is 7.84. The lowest BCUT2D eigenvalue weighted by atomic mass is 9.77. The van der Waals surface area contributed by atoms with Gasteiger partial charge >= 0.3 is 5.97 Å². The molecule has 0 radical (unpaired) electrons. The fourth-order valence-electron chi connectivity index (χ4n) is 5.29. The molecule has 1 fully saturated rings. The Bertz CT molecular complexity index is 780. The number of allylic oxidation sites excluding steroid dienone is 2. The summed E-state index contributed by atoms with van der Waals surface area (Å²) in [4.78, 5) is 35.8. The highest BCUT2D eigenvalue weighted by molar-refractivity contribution is 5.82. The highest BCUT2D eigenvalue weighted by atomic mass is 16.7. The molecule has 1 rings (SSSR count). The van der Waals surface area contributed by atoms with Gasteiger partial charge in [0.25, 0.3) is 0 Å². The zero-order chi connectivity index (χ0) is 30.6. The van der Waals surface area contributed by atoms with Crippen LogP contribution in [0, 0.1) is 5.41 Å². The topological polar surface area (TPSA) is 114 Å². The summed E-state index contributed by atoms with van der Waals surface area (Å²) in [6.45, 7) is 10.3. The van der Waals surface area contributed by atoms with Gasteiger partial charge in [0.15, 0.2) is 5.79 Å². The highest BCUT2D eigenvalue weighted by Crippen LogP contribution is 2.41. The van der Waals surface area contributed by atoms with Gasteiger partial charge in [-0.2, -0.15) is 0 Å². The quantitative estimate of drug-likeness (QED) is 0.0881. The molecule has 1 heterocycles. The molecule has 2 unspecified atom stereocenters. The molecule has 3 N–H and O–H groups in total. The van der Waals surface area contributed by atoms with Crippen LogP contribution in [-0.4, -0.2) is 54.0 Å². The molecule has 0 saturated carbocycles. The number of nitrogens with one attached hydrogen (secondary N) is 2. The first-order chi connectivity index (χ1) is 19.5. The summed E-state index contributed by atoms with van der Waals surface area (Å²) in [5.41, 5.74) is -0.615. The van der Waals surface area contributed by atoms with Crippen molar-refractivity contribution in [3.05, 3.63) is 12.2 Å². The predicted octanol–water partition coefficient (Wildman–Crippen LogP) is 7.06. The lowest BCUT2D eigenvalue weighted by molar-refractivity contribution is -0.334. The Kier molecular flexibility index (Phi) is 18.9. The maximum atomic E-state index is 12.8. The van der Waals surface area contributed by atoms with Gasteiger partial charge in [0.1, 0.15) is 6.10 Å². The molecule has 0 aromatic carbocycles. The minimum Gasteiger partial charge on any atom is -0.481 e. The van der Waals surface area contributed by atoms with E-state index in [1.54, 1.807) is 13.8 Å². The number of carbonyl (C=O) groups is 3. The number of rotatable bonds is 23. The van der Waals surface area contributed by atoms with Crippen LogP contribution in [0.5, 0.6) is 0 Å². The predicted molar refractivity (Wildman–Crippen MR) is 165 cm³/mol. The van der Waals surface area contributed by atoms with Crippen molar-refractivity contribution in [3.8, 4) is 0 Å². The van der Waals surface area contributed by atoms with E-state index in [2.05, 4.69) is 29.7 Å². The van der Waals surface area contributed by atoms with E-state index in [9.17, 15) is 14.4 Å². The van der Waals surface area contributed by atoms with E-state index >= 15 is 0 Å². The van der Waals surface area contributed by atoms with Gasteiger partial charge in [-0.1, -0.05) is 84.3 Å². The van der Waals surface area contributed by atoms with Crippen molar-refractivity contribution in [1.29, 1.82) is 0 Å². The SMILES string of the molecule is CCCCCCCC/C=C\CCCCCCCC(=O)NCCCC1OC(C)(C)OC(C(=O)NCCC(=O)O)C1(C)C. The van der Waals surface area contributed by atoms with E-state index in [0.717, 1.165) is 25.7 Å². The van der Waals surface area contributed by atoms with E-state index in [-0.39, 0.29) is 30.9 Å². The second kappa shape index (κ2) is 20.9. The first-order valence-electron chi connectivity index (χ1n) is 16.3. The van der Waals surface area contributed by atoms with Gasteiger partial charge in [-0.25, -0.2) is 0 Å². The number of ether oxygens (including phenoxy) is 2. The van der Waals surface area contributed by atoms with Crippen molar-refractivity contribution in [1.82, 2.24) is 10.6 Å². The number of carbonyl (C=O) groups excluding carboxylic acids is 2. The Hall–Kier alpha value is -1.93. The van der Waals surface area contributed by atoms with Crippen LogP contribution >= 0.6 is 0 Å². The van der Waals surface area contributed by atoms with E-state index in [0.29, 0.717) is 19.4 Å². The number of hydrogen-bond acceptors (Lipinski definition) is 5. The van der Waals surface area contributed by atoms with Crippen LogP contribution in [0.15, 0.2) is 12.2 Å². The van der Waals surface area contributed by atoms with Crippen LogP contribution < -0.4 is 10.6 Å². The second-order valence-electron chi connectivity index (χ2n) is 12.6. The van der Waals surface area contributed by atoms with Crippen molar-refractivity contribution in [2.24, 2.45) is 5.41 Å². The minimum atomic E-state index is -0.963. The highest BCUT2D eigenvalue weighted by Gasteiger charge is 2.51. The van der Waals surface area contributed by atoms with Gasteiger partial charge in [0.2, 0.25) is 11.8 Å². The maximum absolute atomic E-state index is 12.8. The third-order valence-electron chi connectivity index (χ3n) is 7.84. The summed E-state index contributed by atoms with van der Waals surface area (Å²) in [5.74, 6) is -2.14. The first-order valence-corrected chi connectivity index (χ1v) is 16.3. The van der Waals surface area contributed by atoms with Crippen LogP contribution in [0.2, 0.25) is 0 Å². The average molecular weight is 581 g/mol. The molecule has 0 aromatic rings. The van der Waals surface area contributed by atoms with Crippen LogP contribution in [0.25, 0.3) is 0 Å². The molecule has 1 saturated heterocycles. The summed E-state index contributed by atoms with van der Waals surface area (Å²) in [5, 5.41) is 14.5. The van der Waals surface area contributed by atoms with E-state index in [4.69, 9.17) is 14.6 Å². The van der Waals surface area contributed by atoms with Gasteiger partial charge in [-0.15, -0.1) is 0 Å². The zero-order valence-corrected chi connectivity index (χ0v) is 26.7. The number of carboxylic acid groups (broad SMARTS) is 1. The van der Waals surface area contributed by atoms with Crippen molar-refractivity contribution >= 4 is 17.8 Å². The Balaban J connectivity index is 2.17. The van der Waals surface area contributed by atoms with Crippen molar-refractivity contribution < 1.29 is 29.0 Å². The minimum absolute atomic E-state index is 0.0544. The number of carboxylic acids is 1. The zero-order valence-electron chi connectivity index (χ0n) is 26.7. The Morgan fingerprint density at radius 3 is 1.93 bits per heavy atom. The van der Waals surface area contributed by atoms with E-state index in [1.807, 2.05) is 13.8 Å². The Morgan fingerprint density at radius 2 is 1.32 bits per heavy atom. The summed E-state index contributed by atoms with van der Waals surface area (Å²) in [6, 6.07) is 0. The second-order valence-corrected chi connectivity index (χ2v) is 12.6. The number of amides is 2. The molecular weight excluding hydrogens is 520 g/mol. The molecule has 2 amide bonds. The van der Waals surface area contributed by atoms with Crippen molar-refractivity contribution in [2.45, 2.75) is 162 Å². The normalized spacial score (nSPS) is 19.7. The monoisotopic (exact) mass is 580 g/mol. The molecule has 41 heavy (non-hydrogen) atoms. The molecule has 0 aliphatic carbocycles. The standard InChI is InChI=1S/C33H60N2O6/c1-6-7-8-9-10-11-12-13-14-15-16-17-18-19-20-23-28(36)34-25-21-22-27-32(2,3)30(41-33(4,5)40-27)31(39)35-26-24-29(37)38/h13-14,27,30H,6-12,15-26H2,1-5H3,(H,34,36)(H,35,39)(H,37,38)/b14-13-. The smallest absolute Gasteiger partial charge is 0.305 e. The van der Waals surface area contributed by atoms with E-state index < -0.39 is 23.3 Å². The first kappa shape index (κ1) is 37.1.